The molecule has 0 aliphatic carbocycles. The van der Waals surface area contributed by atoms with E-state index < -0.39 is 10.0 Å². The van der Waals surface area contributed by atoms with Crippen molar-refractivity contribution in [3.63, 3.8) is 0 Å². The van der Waals surface area contributed by atoms with Gasteiger partial charge in [0, 0.05) is 19.1 Å². The lowest BCUT2D eigenvalue weighted by atomic mass is 10.2. The van der Waals surface area contributed by atoms with E-state index in [0.29, 0.717) is 24.9 Å². The molecule has 1 fully saturated rings. The predicted octanol–water partition coefficient (Wildman–Crippen LogP) is 1.97. The van der Waals surface area contributed by atoms with Crippen molar-refractivity contribution in [2.75, 3.05) is 25.4 Å². The van der Waals surface area contributed by atoms with Gasteiger partial charge in [-0.25, -0.2) is 12.7 Å². The van der Waals surface area contributed by atoms with E-state index in [1.54, 1.807) is 4.31 Å². The Morgan fingerprint density at radius 1 is 1.22 bits per heavy atom. The van der Waals surface area contributed by atoms with Gasteiger partial charge in [-0.05, 0) is 32.2 Å². The molecule has 0 aromatic rings. The van der Waals surface area contributed by atoms with Crippen LogP contribution < -0.4 is 5.32 Å². The van der Waals surface area contributed by atoms with Crippen molar-refractivity contribution in [3.8, 4) is 0 Å². The van der Waals surface area contributed by atoms with Crippen LogP contribution in [0.15, 0.2) is 0 Å². The lowest BCUT2D eigenvalue weighted by Crippen LogP contribution is -2.42. The van der Waals surface area contributed by atoms with Crippen LogP contribution in [-0.2, 0) is 10.0 Å². The fraction of sp³-hybridized carbons (Fsp3) is 1.00. The van der Waals surface area contributed by atoms with Gasteiger partial charge in [0.2, 0.25) is 10.0 Å². The second kappa shape index (κ2) is 8.12. The number of nitrogens with zero attached hydrogens (tertiary/aromatic N) is 1. The Bertz CT molecular complexity index is 311. The molecule has 1 atom stereocenters. The molecule has 1 saturated heterocycles. The Morgan fingerprint density at radius 3 is 2.50 bits per heavy atom. The van der Waals surface area contributed by atoms with Gasteiger partial charge < -0.3 is 5.32 Å². The summed E-state index contributed by atoms with van der Waals surface area (Å²) in [5, 5.41) is 3.39. The van der Waals surface area contributed by atoms with Crippen LogP contribution in [0.5, 0.6) is 0 Å². The number of rotatable bonds is 9. The van der Waals surface area contributed by atoms with Crippen molar-refractivity contribution >= 4 is 10.0 Å². The molecule has 1 N–H and O–H groups in total. The van der Waals surface area contributed by atoms with E-state index in [-0.39, 0.29) is 0 Å². The third-order valence-electron chi connectivity index (χ3n) is 3.50. The Morgan fingerprint density at radius 2 is 1.94 bits per heavy atom. The van der Waals surface area contributed by atoms with Gasteiger partial charge in [-0.2, -0.15) is 0 Å². The number of hydrogen-bond acceptors (Lipinski definition) is 3. The maximum atomic E-state index is 12.3. The van der Waals surface area contributed by atoms with E-state index in [1.165, 1.54) is 6.42 Å². The highest BCUT2D eigenvalue weighted by Crippen LogP contribution is 2.12. The van der Waals surface area contributed by atoms with Gasteiger partial charge in [0.1, 0.15) is 0 Å². The molecule has 108 valence electrons. The fourth-order valence-corrected chi connectivity index (χ4v) is 4.02. The number of unbranched alkanes of at least 4 members (excludes halogenated alkanes) is 2. The van der Waals surface area contributed by atoms with Gasteiger partial charge in [0.15, 0.2) is 0 Å². The minimum absolute atomic E-state index is 0.305. The third-order valence-corrected chi connectivity index (χ3v) is 5.42. The second-order valence-corrected chi connectivity index (χ2v) is 7.26. The number of sulfonamides is 1. The van der Waals surface area contributed by atoms with Crippen molar-refractivity contribution in [3.05, 3.63) is 0 Å². The third kappa shape index (κ3) is 5.24. The van der Waals surface area contributed by atoms with Crippen LogP contribution in [0, 0.1) is 0 Å². The lowest BCUT2D eigenvalue weighted by molar-refractivity contribution is 0.363. The van der Waals surface area contributed by atoms with E-state index in [2.05, 4.69) is 12.2 Å². The van der Waals surface area contributed by atoms with Crippen LogP contribution in [0.25, 0.3) is 0 Å². The van der Waals surface area contributed by atoms with Crippen molar-refractivity contribution in [2.45, 2.75) is 58.4 Å². The molecule has 0 aromatic heterocycles. The molecule has 0 radical (unpaired) electrons. The zero-order chi connectivity index (χ0) is 13.4. The summed E-state index contributed by atoms with van der Waals surface area (Å²) in [5.74, 6) is 0.305. The van der Waals surface area contributed by atoms with E-state index in [0.717, 1.165) is 38.6 Å². The van der Waals surface area contributed by atoms with Gasteiger partial charge >= 0.3 is 0 Å². The quantitative estimate of drug-likeness (QED) is 0.700. The first-order valence-corrected chi connectivity index (χ1v) is 8.92. The van der Waals surface area contributed by atoms with Gasteiger partial charge in [-0.1, -0.05) is 26.7 Å². The fourth-order valence-electron chi connectivity index (χ4n) is 2.29. The number of nitrogens with one attached hydrogen (secondary N) is 1. The summed E-state index contributed by atoms with van der Waals surface area (Å²) in [7, 11) is -3.05. The molecule has 1 unspecified atom stereocenters. The van der Waals surface area contributed by atoms with Gasteiger partial charge in [-0.15, -0.1) is 0 Å². The van der Waals surface area contributed by atoms with Crippen molar-refractivity contribution in [2.24, 2.45) is 0 Å². The van der Waals surface area contributed by atoms with Gasteiger partial charge in [0.25, 0.3) is 0 Å². The Hall–Kier alpha value is -0.130. The van der Waals surface area contributed by atoms with E-state index in [9.17, 15) is 8.42 Å². The Kier molecular flexibility index (Phi) is 7.19. The van der Waals surface area contributed by atoms with Crippen LogP contribution in [0.1, 0.15) is 52.4 Å². The molecule has 0 amide bonds. The largest absolute Gasteiger partial charge is 0.313 e. The molecule has 0 spiro atoms. The van der Waals surface area contributed by atoms with Crippen LogP contribution in [0.3, 0.4) is 0 Å². The average molecular weight is 276 g/mol. The summed E-state index contributed by atoms with van der Waals surface area (Å²) in [4.78, 5) is 0. The predicted molar refractivity (Wildman–Crippen MR) is 76.2 cm³/mol. The van der Waals surface area contributed by atoms with E-state index >= 15 is 0 Å². The molecule has 1 aliphatic heterocycles. The maximum Gasteiger partial charge on any atom is 0.214 e. The molecule has 0 aromatic carbocycles. The SMILES string of the molecule is CCCCN(CC1CCCN1)S(=O)(=O)CCCC. The summed E-state index contributed by atoms with van der Waals surface area (Å²) in [5.41, 5.74) is 0. The molecular weight excluding hydrogens is 248 g/mol. The number of hydrogen-bond donors (Lipinski definition) is 1. The van der Waals surface area contributed by atoms with Crippen LogP contribution >= 0.6 is 0 Å². The summed E-state index contributed by atoms with van der Waals surface area (Å²) < 4.78 is 26.3. The standard InChI is InChI=1S/C13H28N2O2S/c1-3-5-10-15(12-13-8-7-9-14-13)18(16,17)11-6-4-2/h13-14H,3-12H2,1-2H3. The topological polar surface area (TPSA) is 49.4 Å². The second-order valence-electron chi connectivity index (χ2n) is 5.17. The maximum absolute atomic E-state index is 12.3. The smallest absolute Gasteiger partial charge is 0.214 e. The average Bonchev–Trinajstić information content (AvgIpc) is 2.84. The minimum Gasteiger partial charge on any atom is -0.313 e. The zero-order valence-electron chi connectivity index (χ0n) is 11.8. The normalized spacial score (nSPS) is 20.7. The van der Waals surface area contributed by atoms with Crippen LogP contribution in [0.4, 0.5) is 0 Å². The van der Waals surface area contributed by atoms with Crippen molar-refractivity contribution < 1.29 is 8.42 Å². The summed E-state index contributed by atoms with van der Waals surface area (Å²) in [6.07, 6.45) is 5.97. The molecular formula is C13H28N2O2S. The molecule has 1 aliphatic rings. The summed E-state index contributed by atoms with van der Waals surface area (Å²) >= 11 is 0. The highest BCUT2D eigenvalue weighted by molar-refractivity contribution is 7.89. The first-order valence-electron chi connectivity index (χ1n) is 7.31. The molecule has 18 heavy (non-hydrogen) atoms. The molecule has 1 rings (SSSR count). The highest BCUT2D eigenvalue weighted by Gasteiger charge is 2.25. The highest BCUT2D eigenvalue weighted by atomic mass is 32.2. The molecule has 0 saturated carbocycles. The lowest BCUT2D eigenvalue weighted by Gasteiger charge is -2.25. The Balaban J connectivity index is 2.57. The van der Waals surface area contributed by atoms with Crippen LogP contribution in [0.2, 0.25) is 0 Å². The molecule has 0 bridgehead atoms. The van der Waals surface area contributed by atoms with Crippen molar-refractivity contribution in [1.29, 1.82) is 0 Å². The van der Waals surface area contributed by atoms with Crippen LogP contribution in [-0.4, -0.2) is 44.2 Å². The minimum atomic E-state index is -3.05. The first kappa shape index (κ1) is 15.9. The first-order chi connectivity index (χ1) is 8.60. The van der Waals surface area contributed by atoms with E-state index in [4.69, 9.17) is 0 Å². The monoisotopic (exact) mass is 276 g/mol. The summed E-state index contributed by atoms with van der Waals surface area (Å²) in [6.45, 7) is 6.50. The van der Waals surface area contributed by atoms with Crippen molar-refractivity contribution in [1.82, 2.24) is 9.62 Å². The van der Waals surface area contributed by atoms with Gasteiger partial charge in [-0.3, -0.25) is 0 Å². The summed E-state index contributed by atoms with van der Waals surface area (Å²) in [6, 6.07) is 0.359. The molecule has 1 heterocycles. The van der Waals surface area contributed by atoms with Gasteiger partial charge in [0.05, 0.1) is 5.75 Å². The molecule has 4 nitrogen and oxygen atoms in total. The van der Waals surface area contributed by atoms with E-state index in [1.807, 2.05) is 6.92 Å². The molecule has 5 heteroatoms. The zero-order valence-corrected chi connectivity index (χ0v) is 12.6. The Labute approximate surface area is 112 Å².